The molecule has 33 heavy (non-hydrogen) atoms. The van der Waals surface area contributed by atoms with Gasteiger partial charge in [-0.2, -0.15) is 0 Å². The van der Waals surface area contributed by atoms with Gasteiger partial charge in [0.05, 0.1) is 18.7 Å². The quantitative estimate of drug-likeness (QED) is 0.264. The topological polar surface area (TPSA) is 66.8 Å². The minimum absolute atomic E-state index is 0.0615. The lowest BCUT2D eigenvalue weighted by atomic mass is 9.94. The summed E-state index contributed by atoms with van der Waals surface area (Å²) in [5, 5.41) is 11.2. The molecule has 1 N–H and O–H groups in total. The van der Waals surface area contributed by atoms with Crippen molar-refractivity contribution in [2.75, 3.05) is 12.0 Å². The molecule has 168 valence electrons. The number of carbonyl (C=O) groups is 2. The highest BCUT2D eigenvalue weighted by atomic mass is 79.9. The molecule has 1 atom stereocenters. The van der Waals surface area contributed by atoms with Crippen LogP contribution >= 0.6 is 15.9 Å². The SMILES string of the molecule is CCc1ccc(N2C(=O)C(=O)/C(=C(\O)c3ccc(Br)c(C)c3)C2c2ccc(OC)cc2)cc1. The van der Waals surface area contributed by atoms with Crippen molar-refractivity contribution in [2.24, 2.45) is 0 Å². The van der Waals surface area contributed by atoms with Gasteiger partial charge in [-0.25, -0.2) is 0 Å². The minimum atomic E-state index is -0.771. The number of hydrogen-bond acceptors (Lipinski definition) is 4. The number of aliphatic hydroxyl groups is 1. The van der Waals surface area contributed by atoms with Crippen LogP contribution in [0.3, 0.4) is 0 Å². The average Bonchev–Trinajstić information content (AvgIpc) is 3.10. The first-order chi connectivity index (χ1) is 15.8. The second kappa shape index (κ2) is 9.24. The summed E-state index contributed by atoms with van der Waals surface area (Å²) in [4.78, 5) is 27.9. The summed E-state index contributed by atoms with van der Waals surface area (Å²) in [7, 11) is 1.58. The van der Waals surface area contributed by atoms with E-state index < -0.39 is 17.7 Å². The largest absolute Gasteiger partial charge is 0.507 e. The molecule has 1 aliphatic heterocycles. The number of ether oxygens (including phenoxy) is 1. The number of Topliss-reactive ketones (excluding diaryl/α,β-unsaturated/α-hetero) is 1. The number of anilines is 1. The van der Waals surface area contributed by atoms with Gasteiger partial charge in [-0.3, -0.25) is 14.5 Å². The fraction of sp³-hybridized carbons (Fsp3) is 0.185. The van der Waals surface area contributed by atoms with E-state index in [-0.39, 0.29) is 11.3 Å². The first-order valence-electron chi connectivity index (χ1n) is 10.7. The Balaban J connectivity index is 1.92. The lowest BCUT2D eigenvalue weighted by Crippen LogP contribution is -2.29. The van der Waals surface area contributed by atoms with E-state index in [1.165, 1.54) is 4.90 Å². The van der Waals surface area contributed by atoms with Crippen LogP contribution in [0.4, 0.5) is 5.69 Å². The van der Waals surface area contributed by atoms with Gasteiger partial charge in [0, 0.05) is 15.7 Å². The van der Waals surface area contributed by atoms with Gasteiger partial charge in [-0.15, -0.1) is 0 Å². The Morgan fingerprint density at radius 3 is 2.27 bits per heavy atom. The van der Waals surface area contributed by atoms with Gasteiger partial charge >= 0.3 is 0 Å². The molecule has 5 nitrogen and oxygen atoms in total. The number of hydrogen-bond donors (Lipinski definition) is 1. The van der Waals surface area contributed by atoms with Crippen LogP contribution in [0, 0.1) is 6.92 Å². The Hall–Kier alpha value is -3.38. The van der Waals surface area contributed by atoms with Crippen molar-refractivity contribution in [2.45, 2.75) is 26.3 Å². The zero-order valence-electron chi connectivity index (χ0n) is 18.6. The summed E-state index contributed by atoms with van der Waals surface area (Å²) < 4.78 is 6.16. The van der Waals surface area contributed by atoms with E-state index in [1.807, 2.05) is 49.4 Å². The maximum absolute atomic E-state index is 13.2. The number of halogens is 1. The maximum atomic E-state index is 13.2. The van der Waals surface area contributed by atoms with Gasteiger partial charge < -0.3 is 9.84 Å². The lowest BCUT2D eigenvalue weighted by molar-refractivity contribution is -0.132. The molecule has 6 heteroatoms. The van der Waals surface area contributed by atoms with Crippen molar-refractivity contribution in [1.29, 1.82) is 0 Å². The molecule has 1 saturated heterocycles. The summed E-state index contributed by atoms with van der Waals surface area (Å²) in [6.07, 6.45) is 0.865. The lowest BCUT2D eigenvalue weighted by Gasteiger charge is -2.25. The van der Waals surface area contributed by atoms with Crippen molar-refractivity contribution in [3.8, 4) is 5.75 Å². The van der Waals surface area contributed by atoms with Crippen LogP contribution in [0.25, 0.3) is 5.76 Å². The number of ketones is 1. The molecular formula is C27H24BrNO4. The third kappa shape index (κ3) is 4.18. The average molecular weight is 506 g/mol. The van der Waals surface area contributed by atoms with Crippen LogP contribution in [0.5, 0.6) is 5.75 Å². The Bertz CT molecular complexity index is 1250. The van der Waals surface area contributed by atoms with Crippen LogP contribution in [-0.4, -0.2) is 23.9 Å². The molecule has 1 fully saturated rings. The minimum Gasteiger partial charge on any atom is -0.507 e. The monoisotopic (exact) mass is 505 g/mol. The van der Waals surface area contributed by atoms with Crippen molar-refractivity contribution in [3.05, 3.63) is 99.0 Å². The van der Waals surface area contributed by atoms with Crippen LogP contribution in [0.1, 0.15) is 35.2 Å². The molecule has 0 aromatic heterocycles. The van der Waals surface area contributed by atoms with Gasteiger partial charge in [0.1, 0.15) is 11.5 Å². The molecule has 0 spiro atoms. The summed E-state index contributed by atoms with van der Waals surface area (Å²) in [6, 6.07) is 19.3. The summed E-state index contributed by atoms with van der Waals surface area (Å²) in [6.45, 7) is 3.95. The van der Waals surface area contributed by atoms with E-state index >= 15 is 0 Å². The predicted octanol–water partition coefficient (Wildman–Crippen LogP) is 5.95. The van der Waals surface area contributed by atoms with Crippen molar-refractivity contribution >= 4 is 39.1 Å². The first-order valence-corrected chi connectivity index (χ1v) is 11.5. The van der Waals surface area contributed by atoms with E-state index in [0.717, 1.165) is 22.0 Å². The van der Waals surface area contributed by atoms with Gasteiger partial charge in [-0.1, -0.05) is 53.2 Å². The Kier molecular flexibility index (Phi) is 6.38. The van der Waals surface area contributed by atoms with Gasteiger partial charge in [0.25, 0.3) is 11.7 Å². The predicted molar refractivity (Wildman–Crippen MR) is 132 cm³/mol. The molecule has 0 radical (unpaired) electrons. The van der Waals surface area contributed by atoms with Crippen molar-refractivity contribution < 1.29 is 19.4 Å². The zero-order valence-corrected chi connectivity index (χ0v) is 20.2. The highest BCUT2D eigenvalue weighted by Crippen LogP contribution is 2.42. The third-order valence-corrected chi connectivity index (χ3v) is 6.82. The highest BCUT2D eigenvalue weighted by molar-refractivity contribution is 9.10. The normalized spacial score (nSPS) is 17.5. The fourth-order valence-electron chi connectivity index (χ4n) is 4.04. The number of aliphatic hydroxyl groups excluding tert-OH is 1. The molecule has 1 heterocycles. The zero-order chi connectivity index (χ0) is 23.7. The molecular weight excluding hydrogens is 482 g/mol. The molecule has 0 aliphatic carbocycles. The molecule has 0 saturated carbocycles. The van der Waals surface area contributed by atoms with Gasteiger partial charge in [0.2, 0.25) is 0 Å². The fourth-order valence-corrected chi connectivity index (χ4v) is 4.29. The van der Waals surface area contributed by atoms with E-state index in [2.05, 4.69) is 22.9 Å². The smallest absolute Gasteiger partial charge is 0.300 e. The number of nitrogens with zero attached hydrogens (tertiary/aromatic N) is 1. The molecule has 4 rings (SSSR count). The molecule has 1 unspecified atom stereocenters. The number of rotatable bonds is 5. The van der Waals surface area contributed by atoms with Crippen LogP contribution in [0.15, 0.2) is 76.8 Å². The van der Waals surface area contributed by atoms with Crippen LogP contribution < -0.4 is 9.64 Å². The first kappa shape index (κ1) is 22.8. The second-order valence-electron chi connectivity index (χ2n) is 7.93. The summed E-state index contributed by atoms with van der Waals surface area (Å²) in [5.41, 5.74) is 3.87. The Labute approximate surface area is 201 Å². The molecule has 1 aliphatic rings. The summed E-state index contributed by atoms with van der Waals surface area (Å²) >= 11 is 3.46. The standard InChI is InChI=1S/C27H24BrNO4/c1-4-17-5-10-20(11-6-17)29-24(18-7-12-21(33-3)13-8-18)23(26(31)27(29)32)25(30)19-9-14-22(28)16(2)15-19/h5-15,24,30H,4H2,1-3H3/b25-23-. The molecule has 3 aromatic rings. The Morgan fingerprint density at radius 1 is 1.03 bits per heavy atom. The van der Waals surface area contributed by atoms with E-state index in [9.17, 15) is 14.7 Å². The number of carbonyl (C=O) groups excluding carboxylic acids is 2. The molecule has 3 aromatic carbocycles. The van der Waals surface area contributed by atoms with Crippen molar-refractivity contribution in [3.63, 3.8) is 0 Å². The number of aryl methyl sites for hydroxylation is 2. The van der Waals surface area contributed by atoms with Gasteiger partial charge in [0.15, 0.2) is 0 Å². The van der Waals surface area contributed by atoms with E-state index in [1.54, 1.807) is 31.4 Å². The third-order valence-electron chi connectivity index (χ3n) is 5.93. The number of amides is 1. The second-order valence-corrected chi connectivity index (χ2v) is 8.78. The molecule has 0 bridgehead atoms. The van der Waals surface area contributed by atoms with Gasteiger partial charge in [-0.05, 0) is 66.4 Å². The van der Waals surface area contributed by atoms with Crippen LogP contribution in [0.2, 0.25) is 0 Å². The highest BCUT2D eigenvalue weighted by Gasteiger charge is 2.47. The molecule has 1 amide bonds. The number of benzene rings is 3. The van der Waals surface area contributed by atoms with Crippen molar-refractivity contribution in [1.82, 2.24) is 0 Å². The summed E-state index contributed by atoms with van der Waals surface area (Å²) in [5.74, 6) is -0.923. The number of methoxy groups -OCH3 is 1. The van der Waals surface area contributed by atoms with E-state index in [4.69, 9.17) is 4.74 Å². The van der Waals surface area contributed by atoms with E-state index in [0.29, 0.717) is 22.6 Å². The van der Waals surface area contributed by atoms with Crippen LogP contribution in [-0.2, 0) is 16.0 Å². The Morgan fingerprint density at radius 2 is 1.70 bits per heavy atom. The maximum Gasteiger partial charge on any atom is 0.300 e.